The summed E-state index contributed by atoms with van der Waals surface area (Å²) in [6.45, 7) is 1.67. The van der Waals surface area contributed by atoms with Gasteiger partial charge in [-0.1, -0.05) is 23.7 Å². The molecule has 1 aromatic heterocycles. The predicted molar refractivity (Wildman–Crippen MR) is 170 cm³/mol. The number of carbonyl (C=O) groups excluding carboxylic acids is 3. The number of piperidine rings is 1. The third kappa shape index (κ3) is 6.87. The monoisotopic (exact) mass is 672 g/mol. The summed E-state index contributed by atoms with van der Waals surface area (Å²) in [7, 11) is 1.58. The Morgan fingerprint density at radius 2 is 1.83 bits per heavy atom. The quantitative estimate of drug-likeness (QED) is 0.332. The molecule has 0 radical (unpaired) electrons. The van der Waals surface area contributed by atoms with Crippen molar-refractivity contribution in [3.8, 4) is 16.9 Å². The Balaban J connectivity index is 1.37. The molecule has 0 aliphatic carbocycles. The van der Waals surface area contributed by atoms with E-state index in [2.05, 4.69) is 5.32 Å². The van der Waals surface area contributed by atoms with Crippen LogP contribution in [0.25, 0.3) is 11.1 Å². The molecule has 2 aliphatic rings. The number of urea groups is 1. The summed E-state index contributed by atoms with van der Waals surface area (Å²) in [4.78, 5) is 68.3. The number of hydrogen-bond donors (Lipinski definition) is 2. The highest BCUT2D eigenvalue weighted by atomic mass is 35.5. The lowest BCUT2D eigenvalue weighted by Crippen LogP contribution is -2.51. The minimum Gasteiger partial charge on any atom is -0.497 e. The Bertz CT molecular complexity index is 1840. The number of halogens is 3. The molecule has 0 unspecified atom stereocenters. The van der Waals surface area contributed by atoms with E-state index in [9.17, 15) is 28.4 Å². The average molecular weight is 673 g/mol. The predicted octanol–water partition coefficient (Wildman–Crippen LogP) is 3.52. The number of methoxy groups -OCH3 is 1. The molecule has 4 amide bonds. The number of benzene rings is 2. The van der Waals surface area contributed by atoms with Gasteiger partial charge < -0.3 is 25.6 Å². The number of carbonyl (C=O) groups is 3. The van der Waals surface area contributed by atoms with Gasteiger partial charge in [-0.3, -0.25) is 23.5 Å². The maximum absolute atomic E-state index is 16.1. The van der Waals surface area contributed by atoms with E-state index in [-0.39, 0.29) is 43.6 Å². The van der Waals surface area contributed by atoms with Crippen molar-refractivity contribution in [2.45, 2.75) is 57.7 Å². The first kappa shape index (κ1) is 33.6. The fraction of sp³-hybridized carbons (Fsp3) is 0.406. The first-order valence-electron chi connectivity index (χ1n) is 15.2. The normalized spacial score (nSPS) is 15.9. The van der Waals surface area contributed by atoms with Crippen molar-refractivity contribution >= 4 is 35.1 Å². The van der Waals surface area contributed by atoms with Crippen molar-refractivity contribution < 1.29 is 27.9 Å². The lowest BCUT2D eigenvalue weighted by molar-refractivity contribution is -0.133. The molecule has 0 saturated carbocycles. The molecule has 1 saturated heterocycles. The van der Waals surface area contributed by atoms with Crippen LogP contribution < -0.4 is 27.0 Å². The van der Waals surface area contributed by atoms with E-state index in [0.29, 0.717) is 41.8 Å². The largest absolute Gasteiger partial charge is 0.497 e. The number of hydrogen-bond acceptors (Lipinski definition) is 6. The van der Waals surface area contributed by atoms with Crippen LogP contribution in [-0.4, -0.2) is 69.6 Å². The Morgan fingerprint density at radius 3 is 2.51 bits per heavy atom. The molecule has 5 rings (SSSR count). The summed E-state index contributed by atoms with van der Waals surface area (Å²) >= 11 is 6.11. The maximum Gasteiger partial charge on any atom is 0.333 e. The number of nitrogens with two attached hydrogens (primary N) is 1. The third-order valence-corrected chi connectivity index (χ3v) is 9.16. The smallest absolute Gasteiger partial charge is 0.333 e. The van der Waals surface area contributed by atoms with E-state index in [4.69, 9.17) is 22.1 Å². The highest BCUT2D eigenvalue weighted by Crippen LogP contribution is 2.30. The molecule has 15 heteroatoms. The number of primary amides is 1. The SMILES string of the molecule is COc1ccc2c(c1)CCN(C1CCN(C(=O)Cn3c(F)c(-c4cccc(F)c4Cl)c(=O)n([C@@H](C)CCC(N)=O)c3=O)CC1)C(=O)N2. The molecule has 3 aromatic rings. The van der Waals surface area contributed by atoms with Crippen LogP contribution in [0.2, 0.25) is 5.02 Å². The molecule has 250 valence electrons. The molecule has 0 bridgehead atoms. The number of aromatic nitrogens is 2. The minimum absolute atomic E-state index is 0.0173. The van der Waals surface area contributed by atoms with Gasteiger partial charge in [-0.2, -0.15) is 4.39 Å². The zero-order valence-corrected chi connectivity index (χ0v) is 26.7. The number of nitrogens with zero attached hydrogens (tertiary/aromatic N) is 4. The average Bonchev–Trinajstić information content (AvgIpc) is 3.21. The van der Waals surface area contributed by atoms with Gasteiger partial charge in [0.2, 0.25) is 17.8 Å². The second-order valence-corrected chi connectivity index (χ2v) is 12.1. The van der Waals surface area contributed by atoms with E-state index in [0.717, 1.165) is 16.2 Å². The number of anilines is 1. The Hall–Kier alpha value is -4.72. The van der Waals surface area contributed by atoms with E-state index in [1.807, 2.05) is 6.07 Å². The van der Waals surface area contributed by atoms with Crippen LogP contribution in [0.1, 0.15) is 44.2 Å². The second-order valence-electron chi connectivity index (χ2n) is 11.7. The van der Waals surface area contributed by atoms with Crippen LogP contribution in [0.3, 0.4) is 0 Å². The molecule has 3 heterocycles. The molecular weight excluding hydrogens is 638 g/mol. The second kappa shape index (κ2) is 14.0. The van der Waals surface area contributed by atoms with Crippen LogP contribution in [-0.2, 0) is 22.6 Å². The number of amides is 4. The number of nitrogens with one attached hydrogen (secondary N) is 1. The molecule has 0 spiro atoms. The summed E-state index contributed by atoms with van der Waals surface area (Å²) in [5.74, 6) is -2.81. The standard InChI is InChI=1S/C32H35ClF2N6O6/c1-18(6-9-25(36)42)41-30(44)27(22-4-3-5-23(34)28(22)33)29(35)40(32(41)46)17-26(43)38-13-11-20(12-14-38)39-15-10-19-16-21(47-2)7-8-24(19)37-31(39)45/h3-5,7-8,16,18,20H,6,9-15,17H2,1-2H3,(H2,36,42)(H,37,45)/t18-/m0/s1. The van der Waals surface area contributed by atoms with Crippen LogP contribution >= 0.6 is 11.6 Å². The number of fused-ring (bicyclic) bond motifs is 1. The summed E-state index contributed by atoms with van der Waals surface area (Å²) < 4.78 is 37.0. The van der Waals surface area contributed by atoms with Gasteiger partial charge in [0, 0.05) is 49.4 Å². The van der Waals surface area contributed by atoms with Gasteiger partial charge in [-0.05, 0) is 62.4 Å². The van der Waals surface area contributed by atoms with E-state index in [1.54, 1.807) is 24.1 Å². The fourth-order valence-corrected chi connectivity index (χ4v) is 6.36. The minimum atomic E-state index is -1.34. The van der Waals surface area contributed by atoms with Gasteiger partial charge in [0.1, 0.15) is 23.7 Å². The molecule has 2 aromatic carbocycles. The van der Waals surface area contributed by atoms with Crippen LogP contribution in [0.5, 0.6) is 5.75 Å². The Kier molecular flexibility index (Phi) is 9.99. The number of rotatable bonds is 9. The zero-order valence-electron chi connectivity index (χ0n) is 25.9. The van der Waals surface area contributed by atoms with Crippen molar-refractivity contribution in [1.29, 1.82) is 0 Å². The molecule has 47 heavy (non-hydrogen) atoms. The van der Waals surface area contributed by atoms with Crippen molar-refractivity contribution in [2.24, 2.45) is 5.73 Å². The van der Waals surface area contributed by atoms with Gasteiger partial charge in [-0.15, -0.1) is 0 Å². The third-order valence-electron chi connectivity index (χ3n) is 8.77. The first-order valence-corrected chi connectivity index (χ1v) is 15.6. The molecule has 12 nitrogen and oxygen atoms in total. The van der Waals surface area contributed by atoms with Gasteiger partial charge in [0.25, 0.3) is 5.56 Å². The molecule has 3 N–H and O–H groups in total. The van der Waals surface area contributed by atoms with Crippen LogP contribution in [0.4, 0.5) is 19.3 Å². The van der Waals surface area contributed by atoms with Crippen LogP contribution in [0.15, 0.2) is 46.0 Å². The summed E-state index contributed by atoms with van der Waals surface area (Å²) in [6, 6.07) is 7.64. The lowest BCUT2D eigenvalue weighted by Gasteiger charge is -2.38. The topological polar surface area (TPSA) is 149 Å². The molecular formula is C32H35ClF2N6O6. The molecule has 2 aliphatic heterocycles. The number of ether oxygens (including phenoxy) is 1. The van der Waals surface area contributed by atoms with Crippen molar-refractivity contribution in [3.63, 3.8) is 0 Å². The summed E-state index contributed by atoms with van der Waals surface area (Å²) in [5, 5.41) is 2.42. The van der Waals surface area contributed by atoms with Gasteiger partial charge >= 0.3 is 11.7 Å². The Morgan fingerprint density at radius 1 is 1.11 bits per heavy atom. The summed E-state index contributed by atoms with van der Waals surface area (Å²) in [5.41, 5.74) is 3.74. The first-order chi connectivity index (χ1) is 22.4. The lowest BCUT2D eigenvalue weighted by atomic mass is 10.0. The molecule has 1 atom stereocenters. The van der Waals surface area contributed by atoms with Crippen molar-refractivity contribution in [1.82, 2.24) is 18.9 Å². The Labute approximate surface area is 273 Å². The van der Waals surface area contributed by atoms with Crippen LogP contribution in [0, 0.1) is 11.8 Å². The van der Waals surface area contributed by atoms with Gasteiger partial charge in [-0.25, -0.2) is 14.0 Å². The summed E-state index contributed by atoms with van der Waals surface area (Å²) in [6.07, 6.45) is 1.33. The number of likely N-dealkylation sites (tertiary alicyclic amines) is 1. The van der Waals surface area contributed by atoms with E-state index < -0.39 is 58.0 Å². The molecule has 1 fully saturated rings. The van der Waals surface area contributed by atoms with Gasteiger partial charge in [0.15, 0.2) is 0 Å². The van der Waals surface area contributed by atoms with E-state index in [1.165, 1.54) is 24.0 Å². The van der Waals surface area contributed by atoms with Gasteiger partial charge in [0.05, 0.1) is 12.1 Å². The highest BCUT2D eigenvalue weighted by molar-refractivity contribution is 6.33. The fourth-order valence-electron chi connectivity index (χ4n) is 6.14. The maximum atomic E-state index is 16.1. The van der Waals surface area contributed by atoms with Crippen molar-refractivity contribution in [2.75, 3.05) is 32.1 Å². The van der Waals surface area contributed by atoms with E-state index >= 15 is 4.39 Å². The zero-order chi connectivity index (χ0) is 34.0. The highest BCUT2D eigenvalue weighted by Gasteiger charge is 2.33. The van der Waals surface area contributed by atoms with Crippen molar-refractivity contribution in [3.05, 3.63) is 79.6 Å².